The summed E-state index contributed by atoms with van der Waals surface area (Å²) >= 11 is 3.33. The van der Waals surface area contributed by atoms with Gasteiger partial charge in [0.1, 0.15) is 11.3 Å². The second-order valence-corrected chi connectivity index (χ2v) is 6.73. The number of carbonyl (C=O) groups excluding carboxylic acids is 2. The number of rotatable bonds is 5. The van der Waals surface area contributed by atoms with Crippen LogP contribution in [0, 0.1) is 0 Å². The van der Waals surface area contributed by atoms with Gasteiger partial charge >= 0.3 is 5.97 Å². The van der Waals surface area contributed by atoms with Crippen LogP contribution in [0.15, 0.2) is 65.1 Å². The number of carbonyl (C=O) groups is 2. The van der Waals surface area contributed by atoms with Crippen molar-refractivity contribution in [2.75, 3.05) is 7.11 Å². The molecule has 1 atom stereocenters. The Hall–Kier alpha value is -2.66. The van der Waals surface area contributed by atoms with Crippen molar-refractivity contribution in [3.8, 4) is 5.75 Å². The summed E-state index contributed by atoms with van der Waals surface area (Å²) in [5, 5.41) is 1.85. The number of Topliss-reactive ketones (excluding diaryl/α,β-unsaturated/α-hetero) is 1. The first-order valence-corrected chi connectivity index (χ1v) is 8.86. The molecular formula is C21H17BrO4. The molecule has 5 heteroatoms. The van der Waals surface area contributed by atoms with Crippen molar-refractivity contribution in [1.82, 2.24) is 0 Å². The van der Waals surface area contributed by atoms with Crippen LogP contribution < -0.4 is 4.74 Å². The highest BCUT2D eigenvalue weighted by atomic mass is 79.9. The van der Waals surface area contributed by atoms with Gasteiger partial charge in [-0.3, -0.25) is 4.79 Å². The molecule has 0 spiro atoms. The Labute approximate surface area is 159 Å². The molecule has 4 nitrogen and oxygen atoms in total. The predicted molar refractivity (Wildman–Crippen MR) is 104 cm³/mol. The standard InChI is InChI=1S/C21H17BrO4/c1-13(20(23)14-7-9-17(22)10-8-14)26-21(24)18-11-15-5-3-4-6-16(15)12-19(18)25-2/h3-13H,1-2H3/t13-/m0/s1. The minimum atomic E-state index is -0.903. The van der Waals surface area contributed by atoms with Gasteiger partial charge in [0.05, 0.1) is 7.11 Å². The largest absolute Gasteiger partial charge is 0.496 e. The summed E-state index contributed by atoms with van der Waals surface area (Å²) in [5.74, 6) is -0.437. The lowest BCUT2D eigenvalue weighted by Crippen LogP contribution is -2.24. The van der Waals surface area contributed by atoms with E-state index in [9.17, 15) is 9.59 Å². The molecule has 0 heterocycles. The first kappa shape index (κ1) is 18.1. The fourth-order valence-corrected chi connectivity index (χ4v) is 2.94. The van der Waals surface area contributed by atoms with E-state index in [1.54, 1.807) is 43.3 Å². The molecule has 26 heavy (non-hydrogen) atoms. The van der Waals surface area contributed by atoms with Crippen LogP contribution in [0.2, 0.25) is 0 Å². The van der Waals surface area contributed by atoms with Crippen LogP contribution in [0.1, 0.15) is 27.6 Å². The van der Waals surface area contributed by atoms with Gasteiger partial charge in [0, 0.05) is 10.0 Å². The molecule has 0 fully saturated rings. The van der Waals surface area contributed by atoms with Gasteiger partial charge in [-0.15, -0.1) is 0 Å². The van der Waals surface area contributed by atoms with Crippen molar-refractivity contribution < 1.29 is 19.1 Å². The normalized spacial score (nSPS) is 11.8. The molecule has 0 aliphatic rings. The minimum absolute atomic E-state index is 0.259. The van der Waals surface area contributed by atoms with Crippen LogP contribution in [-0.2, 0) is 4.74 Å². The Kier molecular flexibility index (Phi) is 5.38. The van der Waals surface area contributed by atoms with E-state index in [4.69, 9.17) is 9.47 Å². The van der Waals surface area contributed by atoms with Gasteiger partial charge in [0.25, 0.3) is 0 Å². The summed E-state index contributed by atoms with van der Waals surface area (Å²) in [4.78, 5) is 25.1. The zero-order chi connectivity index (χ0) is 18.7. The molecule has 0 unspecified atom stereocenters. The third-order valence-electron chi connectivity index (χ3n) is 4.07. The molecule has 3 aromatic carbocycles. The fraction of sp³-hybridized carbons (Fsp3) is 0.143. The number of benzene rings is 3. The summed E-state index contributed by atoms with van der Waals surface area (Å²) in [7, 11) is 1.50. The monoisotopic (exact) mass is 412 g/mol. The van der Waals surface area contributed by atoms with Gasteiger partial charge < -0.3 is 9.47 Å². The Balaban J connectivity index is 1.83. The molecule has 0 saturated carbocycles. The van der Waals surface area contributed by atoms with Gasteiger partial charge in [0.2, 0.25) is 5.78 Å². The van der Waals surface area contributed by atoms with Crippen LogP contribution in [0.3, 0.4) is 0 Å². The first-order chi connectivity index (χ1) is 12.5. The van der Waals surface area contributed by atoms with E-state index >= 15 is 0 Å². The van der Waals surface area contributed by atoms with Crippen LogP contribution in [0.5, 0.6) is 5.75 Å². The number of halogens is 1. The Morgan fingerprint density at radius 1 is 0.962 bits per heavy atom. The number of ether oxygens (including phenoxy) is 2. The van der Waals surface area contributed by atoms with E-state index in [-0.39, 0.29) is 5.78 Å². The van der Waals surface area contributed by atoms with Crippen molar-refractivity contribution in [1.29, 1.82) is 0 Å². The number of esters is 1. The number of hydrogen-bond acceptors (Lipinski definition) is 4. The molecule has 0 aliphatic heterocycles. The van der Waals surface area contributed by atoms with Crippen LogP contribution >= 0.6 is 15.9 Å². The zero-order valence-corrected chi connectivity index (χ0v) is 15.9. The fourth-order valence-electron chi connectivity index (χ4n) is 2.67. The maximum atomic E-state index is 12.6. The average Bonchev–Trinajstić information content (AvgIpc) is 2.66. The minimum Gasteiger partial charge on any atom is -0.496 e. The molecule has 132 valence electrons. The highest BCUT2D eigenvalue weighted by Gasteiger charge is 2.23. The van der Waals surface area contributed by atoms with E-state index in [2.05, 4.69) is 15.9 Å². The van der Waals surface area contributed by atoms with Crippen molar-refractivity contribution >= 4 is 38.5 Å². The maximum absolute atomic E-state index is 12.6. The van der Waals surface area contributed by atoms with Crippen molar-refractivity contribution in [2.45, 2.75) is 13.0 Å². The molecule has 3 rings (SSSR count). The first-order valence-electron chi connectivity index (χ1n) is 8.07. The van der Waals surface area contributed by atoms with Gasteiger partial charge in [-0.2, -0.15) is 0 Å². The van der Waals surface area contributed by atoms with Crippen molar-refractivity contribution in [2.24, 2.45) is 0 Å². The van der Waals surface area contributed by atoms with Gasteiger partial charge in [0.15, 0.2) is 6.10 Å². The molecule has 0 aromatic heterocycles. The number of hydrogen-bond donors (Lipinski definition) is 0. The maximum Gasteiger partial charge on any atom is 0.342 e. The van der Waals surface area contributed by atoms with Gasteiger partial charge in [-0.25, -0.2) is 4.79 Å². The topological polar surface area (TPSA) is 52.6 Å². The van der Waals surface area contributed by atoms with Crippen molar-refractivity contribution in [3.63, 3.8) is 0 Å². The van der Waals surface area contributed by atoms with Gasteiger partial charge in [-0.05, 0) is 42.0 Å². The highest BCUT2D eigenvalue weighted by Crippen LogP contribution is 2.27. The molecule has 0 radical (unpaired) electrons. The summed E-state index contributed by atoms with van der Waals surface area (Å²) in [5.41, 5.74) is 0.778. The van der Waals surface area contributed by atoms with Crippen LogP contribution in [-0.4, -0.2) is 25.0 Å². The second-order valence-electron chi connectivity index (χ2n) is 5.82. The molecular weight excluding hydrogens is 396 g/mol. The summed E-state index contributed by atoms with van der Waals surface area (Å²) in [6.07, 6.45) is -0.903. The third-order valence-corrected chi connectivity index (χ3v) is 4.60. The number of fused-ring (bicyclic) bond motifs is 1. The average molecular weight is 413 g/mol. The van der Waals surface area contributed by atoms with E-state index in [1.807, 2.05) is 24.3 Å². The Morgan fingerprint density at radius 3 is 2.19 bits per heavy atom. The van der Waals surface area contributed by atoms with Crippen LogP contribution in [0.4, 0.5) is 0 Å². The smallest absolute Gasteiger partial charge is 0.342 e. The van der Waals surface area contributed by atoms with E-state index < -0.39 is 12.1 Å². The predicted octanol–water partition coefficient (Wildman–Crippen LogP) is 5.04. The molecule has 0 N–H and O–H groups in total. The summed E-state index contributed by atoms with van der Waals surface area (Å²) in [6, 6.07) is 18.1. The van der Waals surface area contributed by atoms with E-state index in [0.717, 1.165) is 15.2 Å². The molecule has 0 amide bonds. The number of methoxy groups -OCH3 is 1. The molecule has 0 aliphatic carbocycles. The molecule has 0 bridgehead atoms. The second kappa shape index (κ2) is 7.70. The van der Waals surface area contributed by atoms with E-state index in [1.165, 1.54) is 7.11 Å². The Bertz CT molecular complexity index is 963. The lowest BCUT2D eigenvalue weighted by Gasteiger charge is -2.15. The number of ketones is 1. The lowest BCUT2D eigenvalue weighted by molar-refractivity contribution is 0.0316. The van der Waals surface area contributed by atoms with Crippen molar-refractivity contribution in [3.05, 3.63) is 76.3 Å². The molecule has 0 saturated heterocycles. The van der Waals surface area contributed by atoms with E-state index in [0.29, 0.717) is 16.9 Å². The van der Waals surface area contributed by atoms with Crippen LogP contribution in [0.25, 0.3) is 10.8 Å². The summed E-state index contributed by atoms with van der Waals surface area (Å²) < 4.78 is 11.6. The van der Waals surface area contributed by atoms with Gasteiger partial charge in [-0.1, -0.05) is 52.3 Å². The Morgan fingerprint density at radius 2 is 1.58 bits per heavy atom. The summed E-state index contributed by atoms with van der Waals surface area (Å²) in [6.45, 7) is 1.57. The SMILES string of the molecule is COc1cc2ccccc2cc1C(=O)O[C@@H](C)C(=O)c1ccc(Br)cc1. The molecule has 3 aromatic rings. The zero-order valence-electron chi connectivity index (χ0n) is 14.4. The lowest BCUT2D eigenvalue weighted by atomic mass is 10.1. The third kappa shape index (κ3) is 3.78. The highest BCUT2D eigenvalue weighted by molar-refractivity contribution is 9.10. The quantitative estimate of drug-likeness (QED) is 0.435.